The molecule has 0 fully saturated rings. The Balaban J connectivity index is 1.94. The van der Waals surface area contributed by atoms with Gasteiger partial charge in [-0.25, -0.2) is 4.98 Å². The minimum atomic E-state index is 0.248. The molecule has 1 aromatic carbocycles. The van der Waals surface area contributed by atoms with Crippen LogP contribution in [-0.2, 0) is 6.54 Å². The van der Waals surface area contributed by atoms with Crippen molar-refractivity contribution >= 4 is 22.4 Å². The Bertz CT molecular complexity index is 846. The van der Waals surface area contributed by atoms with E-state index in [1.54, 1.807) is 11.3 Å². The van der Waals surface area contributed by atoms with Crippen LogP contribution in [0.4, 0.5) is 0 Å². The topological polar surface area (TPSA) is 60.1 Å². The molecule has 1 aliphatic rings. The molecule has 3 heterocycles. The number of thiophene rings is 1. The number of ether oxygens (including phenoxy) is 2. The molecule has 21 heavy (non-hydrogen) atoms. The maximum atomic E-state index is 8.89. The molecule has 1 aliphatic heterocycles. The molecule has 0 amide bonds. The van der Waals surface area contributed by atoms with Crippen molar-refractivity contribution in [2.45, 2.75) is 13.0 Å². The number of benzene rings is 1. The zero-order chi connectivity index (χ0) is 14.2. The molecule has 0 bridgehead atoms. The number of rotatable bonds is 3. The van der Waals surface area contributed by atoms with Crippen LogP contribution in [0.15, 0.2) is 29.6 Å². The van der Waals surface area contributed by atoms with Gasteiger partial charge in [0.05, 0.1) is 28.4 Å². The monoisotopic (exact) mass is 297 g/mol. The lowest BCUT2D eigenvalue weighted by molar-refractivity contribution is 0.174. The largest absolute Gasteiger partial charge is 0.454 e. The molecule has 2 aromatic heterocycles. The van der Waals surface area contributed by atoms with Gasteiger partial charge < -0.3 is 14.0 Å². The second kappa shape index (κ2) is 4.79. The van der Waals surface area contributed by atoms with Crippen LogP contribution in [0.3, 0.4) is 0 Å². The second-order valence-corrected chi connectivity index (χ2v) is 5.61. The van der Waals surface area contributed by atoms with E-state index in [9.17, 15) is 0 Å². The fourth-order valence-corrected chi connectivity index (χ4v) is 3.22. The lowest BCUT2D eigenvalue weighted by Crippen LogP contribution is -1.99. The molecule has 3 aromatic rings. The zero-order valence-corrected chi connectivity index (χ0v) is 11.9. The van der Waals surface area contributed by atoms with Gasteiger partial charge in [-0.15, -0.1) is 11.3 Å². The number of hydrogen-bond acceptors (Lipinski definition) is 5. The fourth-order valence-electron chi connectivity index (χ4n) is 2.50. The average molecular weight is 297 g/mol. The molecule has 0 spiro atoms. The number of aryl methyl sites for hydroxylation is 1. The first-order chi connectivity index (χ1) is 10.4. The van der Waals surface area contributed by atoms with E-state index in [4.69, 9.17) is 19.7 Å². The molecule has 6 heteroatoms. The summed E-state index contributed by atoms with van der Waals surface area (Å²) in [6.45, 7) is 0.859. The maximum absolute atomic E-state index is 8.89. The van der Waals surface area contributed by atoms with E-state index in [2.05, 4.69) is 10.6 Å². The van der Waals surface area contributed by atoms with Gasteiger partial charge in [0, 0.05) is 18.7 Å². The first-order valence-corrected chi connectivity index (χ1v) is 7.45. The van der Waals surface area contributed by atoms with Crippen molar-refractivity contribution in [2.24, 2.45) is 0 Å². The van der Waals surface area contributed by atoms with Gasteiger partial charge in [0.1, 0.15) is 0 Å². The summed E-state index contributed by atoms with van der Waals surface area (Å²) in [7, 11) is 0. The van der Waals surface area contributed by atoms with Crippen LogP contribution in [0.5, 0.6) is 11.5 Å². The number of aromatic nitrogens is 2. The highest BCUT2D eigenvalue weighted by atomic mass is 32.1. The van der Waals surface area contributed by atoms with E-state index in [1.807, 2.05) is 29.6 Å². The summed E-state index contributed by atoms with van der Waals surface area (Å²) in [5, 5.41) is 10.9. The minimum Gasteiger partial charge on any atom is -0.454 e. The first kappa shape index (κ1) is 12.2. The smallest absolute Gasteiger partial charge is 0.231 e. The van der Waals surface area contributed by atoms with Gasteiger partial charge in [-0.1, -0.05) is 6.07 Å². The quantitative estimate of drug-likeness (QED) is 0.743. The molecule has 0 saturated carbocycles. The highest BCUT2D eigenvalue weighted by Gasteiger charge is 2.20. The maximum Gasteiger partial charge on any atom is 0.231 e. The van der Waals surface area contributed by atoms with Gasteiger partial charge >= 0.3 is 0 Å². The summed E-state index contributed by atoms with van der Waals surface area (Å²) in [6, 6.07) is 10.1. The third kappa shape index (κ3) is 1.94. The van der Waals surface area contributed by atoms with Crippen molar-refractivity contribution in [1.29, 1.82) is 5.26 Å². The third-order valence-electron chi connectivity index (χ3n) is 3.43. The SMILES string of the molecule is N#CCCn1c(-c2cccs2)nc2cc3c(cc21)OCO3. The Kier molecular flexibility index (Phi) is 2.79. The molecule has 0 atom stereocenters. The molecule has 5 nitrogen and oxygen atoms in total. The van der Waals surface area contributed by atoms with E-state index in [0.29, 0.717) is 13.0 Å². The lowest BCUT2D eigenvalue weighted by Gasteiger charge is -2.05. The summed E-state index contributed by atoms with van der Waals surface area (Å²) >= 11 is 1.64. The number of imidazole rings is 1. The fraction of sp³-hybridized carbons (Fsp3) is 0.200. The van der Waals surface area contributed by atoms with Gasteiger partial charge in [-0.2, -0.15) is 5.26 Å². The predicted molar refractivity (Wildman–Crippen MR) is 79.4 cm³/mol. The second-order valence-electron chi connectivity index (χ2n) is 4.67. The number of hydrogen-bond donors (Lipinski definition) is 0. The zero-order valence-electron chi connectivity index (χ0n) is 11.1. The highest BCUT2D eigenvalue weighted by molar-refractivity contribution is 7.13. The molecule has 0 radical (unpaired) electrons. The van der Waals surface area contributed by atoms with Crippen LogP contribution in [0.1, 0.15) is 6.42 Å². The van der Waals surface area contributed by atoms with Gasteiger partial charge in [-0.3, -0.25) is 0 Å². The van der Waals surface area contributed by atoms with Crippen LogP contribution >= 0.6 is 11.3 Å². The molecule has 4 rings (SSSR count). The van der Waals surface area contributed by atoms with Crippen molar-refractivity contribution in [3.63, 3.8) is 0 Å². The van der Waals surface area contributed by atoms with E-state index >= 15 is 0 Å². The summed E-state index contributed by atoms with van der Waals surface area (Å²) in [4.78, 5) is 5.80. The first-order valence-electron chi connectivity index (χ1n) is 6.57. The molecule has 0 unspecified atom stereocenters. The van der Waals surface area contributed by atoms with E-state index in [-0.39, 0.29) is 6.79 Å². The van der Waals surface area contributed by atoms with Crippen molar-refractivity contribution < 1.29 is 9.47 Å². The van der Waals surface area contributed by atoms with Gasteiger partial charge in [0.2, 0.25) is 6.79 Å². The van der Waals surface area contributed by atoms with Crippen LogP contribution in [0, 0.1) is 11.3 Å². The molecule has 0 N–H and O–H groups in total. The van der Waals surface area contributed by atoms with Crippen molar-refractivity contribution in [3.8, 4) is 28.3 Å². The number of fused-ring (bicyclic) bond motifs is 2. The van der Waals surface area contributed by atoms with Crippen molar-refractivity contribution in [3.05, 3.63) is 29.6 Å². The van der Waals surface area contributed by atoms with Crippen molar-refractivity contribution in [2.75, 3.05) is 6.79 Å². The minimum absolute atomic E-state index is 0.248. The van der Waals surface area contributed by atoms with E-state index in [0.717, 1.165) is 33.2 Å². The number of nitriles is 1. The average Bonchev–Trinajstić information content (AvgIpc) is 3.21. The van der Waals surface area contributed by atoms with Crippen LogP contribution in [0.2, 0.25) is 0 Å². The normalized spacial score (nSPS) is 12.7. The predicted octanol–water partition coefficient (Wildman–Crippen LogP) is 3.41. The van der Waals surface area contributed by atoms with E-state index < -0.39 is 0 Å². The third-order valence-corrected chi connectivity index (χ3v) is 4.30. The Hall–Kier alpha value is -2.52. The summed E-state index contributed by atoms with van der Waals surface area (Å²) in [5.41, 5.74) is 1.83. The highest BCUT2D eigenvalue weighted by Crippen LogP contribution is 2.38. The van der Waals surface area contributed by atoms with Gasteiger partial charge in [0.15, 0.2) is 17.3 Å². The van der Waals surface area contributed by atoms with Gasteiger partial charge in [-0.05, 0) is 11.4 Å². The molecule has 0 saturated heterocycles. The molecule has 0 aliphatic carbocycles. The standard InChI is InChI=1S/C15H11N3O2S/c16-4-2-5-18-11-8-13-12(19-9-20-13)7-10(11)17-15(18)14-3-1-6-21-14/h1,3,6-8H,2,5,9H2. The Morgan fingerprint density at radius 3 is 2.95 bits per heavy atom. The van der Waals surface area contributed by atoms with Crippen molar-refractivity contribution in [1.82, 2.24) is 9.55 Å². The van der Waals surface area contributed by atoms with Crippen LogP contribution in [0.25, 0.3) is 21.7 Å². The van der Waals surface area contributed by atoms with Crippen LogP contribution in [-0.4, -0.2) is 16.3 Å². The molecular weight excluding hydrogens is 286 g/mol. The Morgan fingerprint density at radius 2 is 2.19 bits per heavy atom. The molecular formula is C15H11N3O2S. The molecule has 104 valence electrons. The summed E-state index contributed by atoms with van der Waals surface area (Å²) < 4.78 is 12.9. The van der Waals surface area contributed by atoms with E-state index in [1.165, 1.54) is 0 Å². The summed E-state index contributed by atoms with van der Waals surface area (Å²) in [6.07, 6.45) is 0.443. The van der Waals surface area contributed by atoms with Crippen LogP contribution < -0.4 is 9.47 Å². The Labute approximate surface area is 125 Å². The Morgan fingerprint density at radius 1 is 1.33 bits per heavy atom. The summed E-state index contributed by atoms with van der Waals surface area (Å²) in [5.74, 6) is 2.35. The lowest BCUT2D eigenvalue weighted by atomic mass is 10.2. The number of nitrogens with zero attached hydrogens (tertiary/aromatic N) is 3. The van der Waals surface area contributed by atoms with Gasteiger partial charge in [0.25, 0.3) is 0 Å².